The smallest absolute Gasteiger partial charge is 0.224 e. The van der Waals surface area contributed by atoms with Crippen LogP contribution in [0.15, 0.2) is 82.8 Å². The second kappa shape index (κ2) is 6.72. The van der Waals surface area contributed by atoms with Gasteiger partial charge in [-0.15, -0.1) is 0 Å². The molecule has 0 bridgehead atoms. The summed E-state index contributed by atoms with van der Waals surface area (Å²) in [5.41, 5.74) is 1.59. The number of hydrogen-bond donors (Lipinski definition) is 0. The van der Waals surface area contributed by atoms with Gasteiger partial charge in [0.25, 0.3) is 0 Å². The predicted molar refractivity (Wildman–Crippen MR) is 104 cm³/mol. The van der Waals surface area contributed by atoms with Crippen molar-refractivity contribution in [2.24, 2.45) is 0 Å². The zero-order chi connectivity index (χ0) is 19.0. The molecule has 5 nitrogen and oxygen atoms in total. The summed E-state index contributed by atoms with van der Waals surface area (Å²) in [6.45, 7) is 0. The standard InChI is InChI=1S/C20H15ClN2O3S/c1-26-16-11-12-23-18(13-16)22-19(14-5-3-2-4-6-14)20(23)27(24,25)17-9-7-15(21)8-10-17/h2-13H,1H3. The van der Waals surface area contributed by atoms with Gasteiger partial charge in [-0.05, 0) is 30.3 Å². The maximum atomic E-state index is 13.4. The molecule has 0 unspecified atom stereocenters. The quantitative estimate of drug-likeness (QED) is 0.508. The van der Waals surface area contributed by atoms with Crippen LogP contribution in [-0.4, -0.2) is 24.9 Å². The summed E-state index contributed by atoms with van der Waals surface area (Å²) >= 11 is 5.92. The lowest BCUT2D eigenvalue weighted by atomic mass is 10.2. The van der Waals surface area contributed by atoms with Crippen molar-refractivity contribution < 1.29 is 13.2 Å². The van der Waals surface area contributed by atoms with Gasteiger partial charge in [0.05, 0.1) is 12.0 Å². The molecule has 0 spiro atoms. The average molecular weight is 399 g/mol. The molecule has 27 heavy (non-hydrogen) atoms. The van der Waals surface area contributed by atoms with Crippen molar-refractivity contribution in [3.63, 3.8) is 0 Å². The van der Waals surface area contributed by atoms with E-state index in [0.29, 0.717) is 27.7 Å². The first-order valence-electron chi connectivity index (χ1n) is 8.13. The Labute approximate surface area is 161 Å². The summed E-state index contributed by atoms with van der Waals surface area (Å²) in [5, 5.41) is 0.578. The van der Waals surface area contributed by atoms with Crippen LogP contribution in [-0.2, 0) is 9.84 Å². The number of methoxy groups -OCH3 is 1. The number of hydrogen-bond acceptors (Lipinski definition) is 4. The van der Waals surface area contributed by atoms with Gasteiger partial charge in [-0.2, -0.15) is 0 Å². The normalized spacial score (nSPS) is 11.6. The fourth-order valence-corrected chi connectivity index (χ4v) is 4.57. The zero-order valence-electron chi connectivity index (χ0n) is 14.3. The summed E-state index contributed by atoms with van der Waals surface area (Å²) in [6.07, 6.45) is 1.65. The summed E-state index contributed by atoms with van der Waals surface area (Å²) in [6, 6.07) is 18.7. The maximum absolute atomic E-state index is 13.4. The molecular formula is C20H15ClN2O3S. The first kappa shape index (κ1) is 17.6. The second-order valence-corrected chi connectivity index (χ2v) is 8.19. The molecule has 7 heteroatoms. The zero-order valence-corrected chi connectivity index (χ0v) is 15.9. The van der Waals surface area contributed by atoms with E-state index < -0.39 is 9.84 Å². The number of pyridine rings is 1. The summed E-state index contributed by atoms with van der Waals surface area (Å²) in [7, 11) is -2.28. The Morgan fingerprint density at radius 1 is 1.00 bits per heavy atom. The summed E-state index contributed by atoms with van der Waals surface area (Å²) in [4.78, 5) is 4.73. The number of rotatable bonds is 4. The number of nitrogens with zero attached hydrogens (tertiary/aromatic N) is 2. The lowest BCUT2D eigenvalue weighted by Crippen LogP contribution is -2.07. The van der Waals surface area contributed by atoms with Gasteiger partial charge < -0.3 is 4.74 Å². The number of halogens is 1. The highest BCUT2D eigenvalue weighted by molar-refractivity contribution is 7.91. The third-order valence-corrected chi connectivity index (χ3v) is 6.26. The van der Waals surface area contributed by atoms with Crippen molar-refractivity contribution in [2.75, 3.05) is 7.11 Å². The minimum atomic E-state index is -3.84. The van der Waals surface area contributed by atoms with Crippen molar-refractivity contribution >= 4 is 27.1 Å². The summed E-state index contributed by atoms with van der Waals surface area (Å²) in [5.74, 6) is 0.600. The lowest BCUT2D eigenvalue weighted by Gasteiger charge is -2.08. The first-order valence-corrected chi connectivity index (χ1v) is 9.99. The first-order chi connectivity index (χ1) is 13.0. The fraction of sp³-hybridized carbons (Fsp3) is 0.0500. The van der Waals surface area contributed by atoms with Crippen LogP contribution in [0.4, 0.5) is 0 Å². The van der Waals surface area contributed by atoms with Gasteiger partial charge in [-0.25, -0.2) is 13.4 Å². The number of sulfone groups is 1. The Kier molecular flexibility index (Phi) is 4.37. The van der Waals surface area contributed by atoms with Crippen LogP contribution in [0.3, 0.4) is 0 Å². The monoisotopic (exact) mass is 398 g/mol. The Hall–Kier alpha value is -2.83. The van der Waals surface area contributed by atoms with Crippen molar-refractivity contribution in [3.8, 4) is 17.0 Å². The van der Waals surface area contributed by atoms with Crippen molar-refractivity contribution in [1.82, 2.24) is 9.38 Å². The number of benzene rings is 2. The van der Waals surface area contributed by atoms with Gasteiger partial charge in [0.1, 0.15) is 17.1 Å². The highest BCUT2D eigenvalue weighted by atomic mass is 35.5. The molecule has 0 N–H and O–H groups in total. The average Bonchev–Trinajstić information content (AvgIpc) is 3.08. The maximum Gasteiger partial charge on any atom is 0.224 e. The topological polar surface area (TPSA) is 60.7 Å². The Balaban J connectivity index is 2.04. The number of aromatic nitrogens is 2. The van der Waals surface area contributed by atoms with Crippen LogP contribution in [0, 0.1) is 0 Å². The minimum absolute atomic E-state index is 0.105. The molecule has 0 radical (unpaired) electrons. The molecule has 2 aromatic heterocycles. The number of imidazole rings is 1. The molecule has 0 saturated heterocycles. The molecular weight excluding hydrogens is 384 g/mol. The van der Waals surface area contributed by atoms with E-state index in [1.807, 2.05) is 30.3 Å². The molecule has 0 aliphatic rings. The molecule has 0 fully saturated rings. The highest BCUT2D eigenvalue weighted by Gasteiger charge is 2.28. The SMILES string of the molecule is COc1ccn2c(S(=O)(=O)c3ccc(Cl)cc3)c(-c3ccccc3)nc2c1. The molecule has 2 aromatic carbocycles. The second-order valence-electron chi connectivity index (χ2n) is 5.88. The molecule has 0 saturated carbocycles. The van der Waals surface area contributed by atoms with E-state index >= 15 is 0 Å². The van der Waals surface area contributed by atoms with Crippen LogP contribution in [0.25, 0.3) is 16.9 Å². The van der Waals surface area contributed by atoms with E-state index in [9.17, 15) is 8.42 Å². The van der Waals surface area contributed by atoms with Gasteiger partial charge >= 0.3 is 0 Å². The molecule has 136 valence electrons. The molecule has 2 heterocycles. The van der Waals surface area contributed by atoms with Crippen LogP contribution in [0.5, 0.6) is 5.75 Å². The largest absolute Gasteiger partial charge is 0.497 e. The minimum Gasteiger partial charge on any atom is -0.497 e. The van der Waals surface area contributed by atoms with Crippen LogP contribution >= 0.6 is 11.6 Å². The van der Waals surface area contributed by atoms with E-state index in [4.69, 9.17) is 16.3 Å². The lowest BCUT2D eigenvalue weighted by molar-refractivity contribution is 0.414. The van der Waals surface area contributed by atoms with Crippen LogP contribution in [0.1, 0.15) is 0 Å². The predicted octanol–water partition coefficient (Wildman–Crippen LogP) is 4.50. The number of ether oxygens (including phenoxy) is 1. The van der Waals surface area contributed by atoms with Crippen molar-refractivity contribution in [1.29, 1.82) is 0 Å². The number of fused-ring (bicyclic) bond motifs is 1. The molecule has 4 aromatic rings. The summed E-state index contributed by atoms with van der Waals surface area (Å²) < 4.78 is 33.7. The molecule has 0 atom stereocenters. The van der Waals surface area contributed by atoms with Gasteiger partial charge in [0.15, 0.2) is 5.03 Å². The van der Waals surface area contributed by atoms with E-state index in [2.05, 4.69) is 4.98 Å². The van der Waals surface area contributed by atoms with Crippen LogP contribution in [0.2, 0.25) is 5.02 Å². The van der Waals surface area contributed by atoms with E-state index in [0.717, 1.165) is 0 Å². The van der Waals surface area contributed by atoms with Gasteiger partial charge in [-0.3, -0.25) is 4.40 Å². The molecule has 0 amide bonds. The van der Waals surface area contributed by atoms with E-state index in [1.54, 1.807) is 42.0 Å². The fourth-order valence-electron chi connectivity index (χ4n) is 2.90. The molecule has 0 aliphatic carbocycles. The van der Waals surface area contributed by atoms with Crippen LogP contribution < -0.4 is 4.74 Å². The molecule has 0 aliphatic heterocycles. The Bertz CT molecular complexity index is 1220. The molecule has 4 rings (SSSR count). The van der Waals surface area contributed by atoms with Crippen molar-refractivity contribution in [2.45, 2.75) is 9.92 Å². The van der Waals surface area contributed by atoms with Gasteiger partial charge in [0.2, 0.25) is 9.84 Å². The van der Waals surface area contributed by atoms with E-state index in [-0.39, 0.29) is 9.92 Å². The Morgan fingerprint density at radius 2 is 1.70 bits per heavy atom. The third-order valence-electron chi connectivity index (χ3n) is 4.22. The van der Waals surface area contributed by atoms with Gasteiger partial charge in [0, 0.05) is 22.8 Å². The highest BCUT2D eigenvalue weighted by Crippen LogP contribution is 2.33. The Morgan fingerprint density at radius 3 is 2.37 bits per heavy atom. The van der Waals surface area contributed by atoms with Gasteiger partial charge in [-0.1, -0.05) is 41.9 Å². The third kappa shape index (κ3) is 3.07. The van der Waals surface area contributed by atoms with Crippen molar-refractivity contribution in [3.05, 3.63) is 77.9 Å². The van der Waals surface area contributed by atoms with E-state index in [1.165, 1.54) is 12.1 Å².